The first kappa shape index (κ1) is 19.4. The van der Waals surface area contributed by atoms with Gasteiger partial charge in [-0.25, -0.2) is 9.28 Å². The first-order valence-electron chi connectivity index (χ1n) is 7.29. The van der Waals surface area contributed by atoms with Crippen LogP contribution < -0.4 is 0 Å². The van der Waals surface area contributed by atoms with Gasteiger partial charge in [0.25, 0.3) is 0 Å². The topological polar surface area (TPSA) is 112 Å². The van der Waals surface area contributed by atoms with Gasteiger partial charge in [-0.2, -0.15) is 23.6 Å². The molecule has 2 fully saturated rings. The van der Waals surface area contributed by atoms with Crippen LogP contribution in [0.4, 0.5) is 4.79 Å². The normalized spacial score (nSPS) is 24.0. The van der Waals surface area contributed by atoms with E-state index in [2.05, 4.69) is 0 Å². The molecule has 0 saturated carbocycles. The van der Waals surface area contributed by atoms with Crippen molar-refractivity contribution >= 4 is 16.3 Å². The molecule has 140 valence electrons. The molecular weight excluding hydrogens is 346 g/mol. The molecule has 13 heteroatoms. The van der Waals surface area contributed by atoms with Crippen LogP contribution in [0.15, 0.2) is 0 Å². The number of likely N-dealkylation sites (N-methyl/N-ethyl adjacent to an activating group) is 1. The van der Waals surface area contributed by atoms with Crippen LogP contribution in [0.1, 0.15) is 0 Å². The summed E-state index contributed by atoms with van der Waals surface area (Å²) in [7, 11) is -0.400. The molecule has 0 aromatic rings. The highest BCUT2D eigenvalue weighted by molar-refractivity contribution is 7.83. The third-order valence-electron chi connectivity index (χ3n) is 4.03. The Morgan fingerprint density at radius 2 is 1.62 bits per heavy atom. The standard InChI is InChI=1S/C11H23N5O7S/c1-16(4-6-23-7-5-16)11(17)15(24(18,19)20)12-8-13(21-2)10-14(9-12)22-3/h4-10H2,1-3H3/p+1. The van der Waals surface area contributed by atoms with Crippen LogP contribution >= 0.6 is 0 Å². The fourth-order valence-electron chi connectivity index (χ4n) is 2.53. The zero-order valence-corrected chi connectivity index (χ0v) is 14.8. The number of carbonyl (C=O) groups is 1. The summed E-state index contributed by atoms with van der Waals surface area (Å²) in [4.78, 5) is 23.1. The lowest BCUT2D eigenvalue weighted by Crippen LogP contribution is -2.68. The minimum absolute atomic E-state index is 0.0433. The van der Waals surface area contributed by atoms with Crippen molar-refractivity contribution in [1.82, 2.24) is 19.5 Å². The summed E-state index contributed by atoms with van der Waals surface area (Å²) in [6, 6.07) is -0.769. The van der Waals surface area contributed by atoms with Gasteiger partial charge in [-0.15, -0.1) is 0 Å². The molecule has 0 aliphatic carbocycles. The third kappa shape index (κ3) is 4.19. The zero-order valence-electron chi connectivity index (χ0n) is 14.0. The maximum atomic E-state index is 12.9. The summed E-state index contributed by atoms with van der Waals surface area (Å²) in [5.41, 5.74) is 0. The van der Waals surface area contributed by atoms with Gasteiger partial charge in [0.15, 0.2) is 0 Å². The van der Waals surface area contributed by atoms with Crippen molar-refractivity contribution < 1.29 is 36.7 Å². The summed E-state index contributed by atoms with van der Waals surface area (Å²) in [5.74, 6) is 0. The van der Waals surface area contributed by atoms with Crippen LogP contribution in [0.5, 0.6) is 0 Å². The van der Waals surface area contributed by atoms with E-state index in [0.29, 0.717) is 30.7 Å². The number of hydrazine groups is 1. The predicted octanol–water partition coefficient (Wildman–Crippen LogP) is -1.48. The highest BCUT2D eigenvalue weighted by Gasteiger charge is 2.47. The van der Waals surface area contributed by atoms with Crippen LogP contribution in [0.3, 0.4) is 0 Å². The third-order valence-corrected chi connectivity index (χ3v) is 4.86. The molecule has 12 nitrogen and oxygen atoms in total. The lowest BCUT2D eigenvalue weighted by molar-refractivity contribution is -0.843. The van der Waals surface area contributed by atoms with E-state index in [1.807, 2.05) is 0 Å². The van der Waals surface area contributed by atoms with E-state index in [-0.39, 0.29) is 24.5 Å². The molecule has 2 aliphatic heterocycles. The highest BCUT2D eigenvalue weighted by Crippen LogP contribution is 2.20. The molecule has 1 N–H and O–H groups in total. The second-order valence-corrected chi connectivity index (χ2v) is 6.96. The maximum Gasteiger partial charge on any atom is 0.449 e. The minimum atomic E-state index is -4.83. The van der Waals surface area contributed by atoms with Crippen LogP contribution in [0, 0.1) is 0 Å². The Hall–Kier alpha value is -0.900. The molecule has 0 aromatic carbocycles. The predicted molar refractivity (Wildman–Crippen MR) is 79.7 cm³/mol. The van der Waals surface area contributed by atoms with Gasteiger partial charge in [0, 0.05) is 0 Å². The van der Waals surface area contributed by atoms with E-state index in [1.165, 1.54) is 24.3 Å². The van der Waals surface area contributed by atoms with E-state index < -0.39 is 16.3 Å². The summed E-state index contributed by atoms with van der Waals surface area (Å²) >= 11 is 0. The highest BCUT2D eigenvalue weighted by atomic mass is 32.2. The Labute approximate surface area is 141 Å². The van der Waals surface area contributed by atoms with Gasteiger partial charge in [0.1, 0.15) is 19.8 Å². The molecule has 0 spiro atoms. The number of urea groups is 1. The van der Waals surface area contributed by atoms with Gasteiger partial charge in [0.2, 0.25) is 0 Å². The van der Waals surface area contributed by atoms with Crippen molar-refractivity contribution in [3.8, 4) is 0 Å². The average molecular weight is 370 g/mol. The van der Waals surface area contributed by atoms with E-state index in [1.54, 1.807) is 7.05 Å². The van der Waals surface area contributed by atoms with Gasteiger partial charge in [-0.05, 0) is 0 Å². The van der Waals surface area contributed by atoms with Crippen LogP contribution in [-0.2, 0) is 24.7 Å². The largest absolute Gasteiger partial charge is 0.449 e. The fraction of sp³-hybridized carbons (Fsp3) is 0.909. The molecule has 0 radical (unpaired) electrons. The molecule has 0 unspecified atom stereocenters. The number of hydroxylamine groups is 4. The van der Waals surface area contributed by atoms with Gasteiger partial charge in [0.05, 0.1) is 47.8 Å². The number of morpholine rings is 1. The van der Waals surface area contributed by atoms with E-state index in [9.17, 15) is 17.8 Å². The minimum Gasteiger partial charge on any atom is -0.370 e. The second kappa shape index (κ2) is 7.55. The van der Waals surface area contributed by atoms with Crippen molar-refractivity contribution in [3.05, 3.63) is 0 Å². The van der Waals surface area contributed by atoms with E-state index in [4.69, 9.17) is 14.4 Å². The smallest absolute Gasteiger partial charge is 0.370 e. The van der Waals surface area contributed by atoms with Crippen molar-refractivity contribution in [2.45, 2.75) is 0 Å². The Bertz CT molecular complexity index is 541. The summed E-state index contributed by atoms with van der Waals surface area (Å²) < 4.78 is 38.8. The summed E-state index contributed by atoms with van der Waals surface area (Å²) in [6.45, 7) is 1.43. The molecular formula is C11H24N5O7S+. The Kier molecular flexibility index (Phi) is 6.11. The number of ether oxygens (including phenoxy) is 1. The molecule has 0 bridgehead atoms. The number of amides is 2. The van der Waals surface area contributed by atoms with E-state index in [0.717, 1.165) is 5.01 Å². The number of rotatable bonds is 4. The van der Waals surface area contributed by atoms with Crippen molar-refractivity contribution in [1.29, 1.82) is 0 Å². The monoisotopic (exact) mass is 370 g/mol. The SMILES string of the molecule is CON1CN(OC)CN(N(C(=O)[N+]2(C)CCOCC2)S(=O)(=O)O)C1. The fourth-order valence-corrected chi connectivity index (χ4v) is 3.32. The van der Waals surface area contributed by atoms with Crippen molar-refractivity contribution in [2.75, 3.05) is 67.6 Å². The van der Waals surface area contributed by atoms with Gasteiger partial charge in [-0.3, -0.25) is 14.2 Å². The van der Waals surface area contributed by atoms with Crippen LogP contribution in [0.25, 0.3) is 0 Å². The molecule has 0 aromatic heterocycles. The number of hydrogen-bond acceptors (Lipinski definition) is 9. The molecule has 2 saturated heterocycles. The summed E-state index contributed by atoms with van der Waals surface area (Å²) in [6.07, 6.45) is 0. The maximum absolute atomic E-state index is 12.9. The first-order chi connectivity index (χ1) is 11.2. The molecule has 2 rings (SSSR count). The molecule has 2 aliphatic rings. The number of carbonyl (C=O) groups excluding carboxylic acids is 1. The Morgan fingerprint density at radius 3 is 2.04 bits per heavy atom. The lowest BCUT2D eigenvalue weighted by atomic mass is 10.4. The first-order valence-corrected chi connectivity index (χ1v) is 8.68. The molecule has 24 heavy (non-hydrogen) atoms. The van der Waals surface area contributed by atoms with Gasteiger partial charge < -0.3 is 4.74 Å². The van der Waals surface area contributed by atoms with Gasteiger partial charge in [-0.1, -0.05) is 4.41 Å². The molecule has 2 amide bonds. The number of nitrogens with zero attached hydrogens (tertiary/aromatic N) is 5. The molecule has 0 atom stereocenters. The number of hydrogen-bond donors (Lipinski definition) is 1. The van der Waals surface area contributed by atoms with Crippen molar-refractivity contribution in [2.24, 2.45) is 0 Å². The van der Waals surface area contributed by atoms with Crippen LogP contribution in [0.2, 0.25) is 0 Å². The summed E-state index contributed by atoms with van der Waals surface area (Å²) in [5, 5.41) is 3.88. The zero-order chi connectivity index (χ0) is 18.0. The van der Waals surface area contributed by atoms with Crippen molar-refractivity contribution in [3.63, 3.8) is 0 Å². The average Bonchev–Trinajstić information content (AvgIpc) is 2.54. The number of quaternary nitrogens is 1. The Morgan fingerprint density at radius 1 is 1.12 bits per heavy atom. The van der Waals surface area contributed by atoms with Crippen LogP contribution in [-0.4, -0.2) is 111 Å². The lowest BCUT2D eigenvalue weighted by Gasteiger charge is -2.44. The quantitative estimate of drug-likeness (QED) is 0.464. The van der Waals surface area contributed by atoms with E-state index >= 15 is 0 Å². The van der Waals surface area contributed by atoms with Gasteiger partial charge >= 0.3 is 16.3 Å². The molecule has 2 heterocycles. The Balaban J connectivity index is 2.29. The second-order valence-electron chi connectivity index (χ2n) is 5.72.